The Balaban J connectivity index is 1.18. The highest BCUT2D eigenvalue weighted by atomic mass is 16.3. The smallest absolute Gasteiger partial charge is 0.164 e. The second-order valence-corrected chi connectivity index (χ2v) is 13.6. The van der Waals surface area contributed by atoms with Crippen molar-refractivity contribution in [1.82, 2.24) is 15.0 Å². The molecule has 2 heterocycles. The average Bonchev–Trinajstić information content (AvgIpc) is 3.66. The molecule has 0 saturated heterocycles. The normalized spacial score (nSPS) is 13.2. The number of furan rings is 1. The number of nitrogens with zero attached hydrogens (tertiary/aromatic N) is 3. The molecule has 236 valence electrons. The van der Waals surface area contributed by atoms with Crippen LogP contribution in [0.1, 0.15) is 25.0 Å². The maximum Gasteiger partial charge on any atom is 0.164 e. The van der Waals surface area contributed by atoms with Crippen molar-refractivity contribution in [2.45, 2.75) is 19.3 Å². The molecule has 0 aliphatic heterocycles. The van der Waals surface area contributed by atoms with E-state index in [2.05, 4.69) is 153 Å². The Morgan fingerprint density at radius 2 is 1.06 bits per heavy atom. The van der Waals surface area contributed by atoms with Crippen LogP contribution in [0.25, 0.3) is 89.1 Å². The third-order valence-corrected chi connectivity index (χ3v) is 10.3. The molecule has 4 nitrogen and oxygen atoms in total. The summed E-state index contributed by atoms with van der Waals surface area (Å²) in [4.78, 5) is 15.5. The molecule has 50 heavy (non-hydrogen) atoms. The number of benzene rings is 7. The highest BCUT2D eigenvalue weighted by Crippen LogP contribution is 2.49. The zero-order chi connectivity index (χ0) is 33.4. The minimum Gasteiger partial charge on any atom is -0.456 e. The van der Waals surface area contributed by atoms with Gasteiger partial charge in [-0.2, -0.15) is 0 Å². The van der Waals surface area contributed by atoms with Crippen LogP contribution in [-0.2, 0) is 5.41 Å². The molecule has 1 aliphatic rings. The highest BCUT2D eigenvalue weighted by Gasteiger charge is 2.35. The number of rotatable bonds is 4. The van der Waals surface area contributed by atoms with E-state index in [0.29, 0.717) is 17.5 Å². The molecule has 0 radical (unpaired) electrons. The van der Waals surface area contributed by atoms with Gasteiger partial charge in [0, 0.05) is 32.9 Å². The van der Waals surface area contributed by atoms with E-state index >= 15 is 0 Å². The van der Waals surface area contributed by atoms with Crippen LogP contribution in [0.3, 0.4) is 0 Å². The standard InChI is InChI=1S/C46H31N3O/c1-46(2)38-20-9-8-17-34(38)37-26-30(23-25-39(37)46)43-47-44(49-45(48-43)35-19-10-15-28-14-6-7-16-32(28)35)31-22-24-36-41(27-31)50-40-21-11-18-33(42(36)40)29-12-4-3-5-13-29/h3-27H,1-2H3. The van der Waals surface area contributed by atoms with Crippen LogP contribution in [0.2, 0.25) is 0 Å². The van der Waals surface area contributed by atoms with Crippen molar-refractivity contribution in [2.75, 3.05) is 0 Å². The Morgan fingerprint density at radius 1 is 0.420 bits per heavy atom. The molecular formula is C46H31N3O. The first kappa shape index (κ1) is 28.6. The summed E-state index contributed by atoms with van der Waals surface area (Å²) in [5.41, 5.74) is 11.8. The fourth-order valence-corrected chi connectivity index (χ4v) is 7.86. The Morgan fingerprint density at radius 3 is 1.94 bits per heavy atom. The van der Waals surface area contributed by atoms with Gasteiger partial charge in [0.2, 0.25) is 0 Å². The minimum absolute atomic E-state index is 0.0782. The van der Waals surface area contributed by atoms with Gasteiger partial charge in [-0.05, 0) is 68.4 Å². The van der Waals surface area contributed by atoms with Crippen LogP contribution in [0.4, 0.5) is 0 Å². The van der Waals surface area contributed by atoms with Crippen molar-refractivity contribution in [3.63, 3.8) is 0 Å². The molecule has 1 aliphatic carbocycles. The molecule has 0 amide bonds. The summed E-state index contributed by atoms with van der Waals surface area (Å²) in [5.74, 6) is 1.88. The van der Waals surface area contributed by atoms with Gasteiger partial charge in [-0.3, -0.25) is 0 Å². The van der Waals surface area contributed by atoms with Crippen LogP contribution < -0.4 is 0 Å². The van der Waals surface area contributed by atoms with Gasteiger partial charge in [0.05, 0.1) is 0 Å². The number of hydrogen-bond acceptors (Lipinski definition) is 4. The van der Waals surface area contributed by atoms with Crippen molar-refractivity contribution < 1.29 is 4.42 Å². The number of aromatic nitrogens is 3. The van der Waals surface area contributed by atoms with Gasteiger partial charge in [-0.15, -0.1) is 0 Å². The van der Waals surface area contributed by atoms with E-state index in [4.69, 9.17) is 19.4 Å². The zero-order valence-corrected chi connectivity index (χ0v) is 27.7. The second kappa shape index (κ2) is 10.8. The molecule has 0 unspecified atom stereocenters. The van der Waals surface area contributed by atoms with E-state index in [1.807, 2.05) is 12.1 Å². The highest BCUT2D eigenvalue weighted by molar-refractivity contribution is 6.13. The van der Waals surface area contributed by atoms with E-state index in [9.17, 15) is 0 Å². The van der Waals surface area contributed by atoms with E-state index in [1.54, 1.807) is 0 Å². The summed E-state index contributed by atoms with van der Waals surface area (Å²) in [6, 6.07) is 53.1. The Hall–Kier alpha value is -6.39. The van der Waals surface area contributed by atoms with Crippen LogP contribution >= 0.6 is 0 Å². The predicted octanol–water partition coefficient (Wildman–Crippen LogP) is 11.9. The summed E-state index contributed by atoms with van der Waals surface area (Å²) in [7, 11) is 0. The van der Waals surface area contributed by atoms with Gasteiger partial charge in [0.1, 0.15) is 11.2 Å². The molecule has 4 heteroatoms. The number of fused-ring (bicyclic) bond motifs is 7. The Kier molecular flexibility index (Phi) is 6.19. The molecule has 2 aromatic heterocycles. The molecule has 0 fully saturated rings. The fourth-order valence-electron chi connectivity index (χ4n) is 7.86. The van der Waals surface area contributed by atoms with Gasteiger partial charge in [0.15, 0.2) is 17.5 Å². The minimum atomic E-state index is -0.0782. The molecule has 0 spiro atoms. The summed E-state index contributed by atoms with van der Waals surface area (Å²) in [6.07, 6.45) is 0. The van der Waals surface area contributed by atoms with Crippen LogP contribution in [0, 0.1) is 0 Å². The molecule has 0 saturated carbocycles. The molecule has 10 rings (SSSR count). The molecule has 0 N–H and O–H groups in total. The van der Waals surface area contributed by atoms with Gasteiger partial charge in [-0.25, -0.2) is 15.0 Å². The van der Waals surface area contributed by atoms with Crippen molar-refractivity contribution in [1.29, 1.82) is 0 Å². The Labute approximate surface area is 289 Å². The quantitative estimate of drug-likeness (QED) is 0.192. The predicted molar refractivity (Wildman–Crippen MR) is 204 cm³/mol. The lowest BCUT2D eigenvalue weighted by atomic mass is 9.82. The first-order valence-corrected chi connectivity index (χ1v) is 17.0. The van der Waals surface area contributed by atoms with Crippen molar-refractivity contribution in [3.05, 3.63) is 163 Å². The van der Waals surface area contributed by atoms with Crippen molar-refractivity contribution in [2.24, 2.45) is 0 Å². The summed E-state index contributed by atoms with van der Waals surface area (Å²) >= 11 is 0. The van der Waals surface area contributed by atoms with Crippen LogP contribution in [0.15, 0.2) is 156 Å². The van der Waals surface area contributed by atoms with Crippen molar-refractivity contribution >= 4 is 32.7 Å². The van der Waals surface area contributed by atoms with Gasteiger partial charge in [0.25, 0.3) is 0 Å². The average molecular weight is 642 g/mol. The SMILES string of the molecule is CC1(C)c2ccccc2-c2cc(-c3nc(-c4ccc5c(c4)oc4cccc(-c6ccccc6)c45)nc(-c4cccc5ccccc45)n3)ccc21. The van der Waals surface area contributed by atoms with E-state index in [1.165, 1.54) is 22.3 Å². The van der Waals surface area contributed by atoms with E-state index in [0.717, 1.165) is 60.5 Å². The lowest BCUT2D eigenvalue weighted by molar-refractivity contribution is 0.660. The molecule has 0 atom stereocenters. The van der Waals surface area contributed by atoms with Crippen molar-refractivity contribution in [3.8, 4) is 56.4 Å². The topological polar surface area (TPSA) is 51.8 Å². The number of hydrogen-bond donors (Lipinski definition) is 0. The monoisotopic (exact) mass is 641 g/mol. The lowest BCUT2D eigenvalue weighted by Crippen LogP contribution is -2.14. The summed E-state index contributed by atoms with van der Waals surface area (Å²) < 4.78 is 6.50. The molecule has 9 aromatic rings. The van der Waals surface area contributed by atoms with Gasteiger partial charge >= 0.3 is 0 Å². The fraction of sp³-hybridized carbons (Fsp3) is 0.0652. The second-order valence-electron chi connectivity index (χ2n) is 13.6. The maximum absolute atomic E-state index is 6.50. The first-order valence-electron chi connectivity index (χ1n) is 17.0. The largest absolute Gasteiger partial charge is 0.456 e. The Bertz CT molecular complexity index is 2790. The third kappa shape index (κ3) is 4.35. The van der Waals surface area contributed by atoms with Crippen LogP contribution in [0.5, 0.6) is 0 Å². The summed E-state index contributed by atoms with van der Waals surface area (Å²) in [6.45, 7) is 4.60. The first-order chi connectivity index (χ1) is 24.5. The molecule has 7 aromatic carbocycles. The lowest BCUT2D eigenvalue weighted by Gasteiger charge is -2.21. The maximum atomic E-state index is 6.50. The molecule has 0 bridgehead atoms. The van der Waals surface area contributed by atoms with Crippen LogP contribution in [-0.4, -0.2) is 15.0 Å². The zero-order valence-electron chi connectivity index (χ0n) is 27.7. The summed E-state index contributed by atoms with van der Waals surface area (Å²) in [5, 5.41) is 4.41. The molecular weight excluding hydrogens is 611 g/mol. The van der Waals surface area contributed by atoms with E-state index in [-0.39, 0.29) is 5.41 Å². The third-order valence-electron chi connectivity index (χ3n) is 10.3. The van der Waals surface area contributed by atoms with Gasteiger partial charge in [-0.1, -0.05) is 141 Å². The van der Waals surface area contributed by atoms with E-state index < -0.39 is 0 Å². The van der Waals surface area contributed by atoms with Gasteiger partial charge < -0.3 is 4.42 Å².